The van der Waals surface area contributed by atoms with Crippen molar-refractivity contribution < 1.29 is 17.9 Å². The van der Waals surface area contributed by atoms with Gasteiger partial charge >= 0.3 is 0 Å². The number of hydrogen-bond donors (Lipinski definition) is 1. The molecular formula is C26H26N4O4S. The summed E-state index contributed by atoms with van der Waals surface area (Å²) >= 11 is 0. The summed E-state index contributed by atoms with van der Waals surface area (Å²) in [5, 5.41) is 3.09. The molecule has 8 nitrogen and oxygen atoms in total. The molecule has 4 aromatic rings. The molecule has 1 atom stereocenters. The lowest BCUT2D eigenvalue weighted by Gasteiger charge is -2.26. The van der Waals surface area contributed by atoms with Crippen molar-refractivity contribution in [2.75, 3.05) is 26.3 Å². The van der Waals surface area contributed by atoms with Gasteiger partial charge in [0.25, 0.3) is 5.91 Å². The normalized spacial score (nSPS) is 15.7. The van der Waals surface area contributed by atoms with Gasteiger partial charge in [-0.15, -0.1) is 0 Å². The molecule has 9 heteroatoms. The van der Waals surface area contributed by atoms with Crippen LogP contribution in [-0.4, -0.2) is 54.5 Å². The van der Waals surface area contributed by atoms with E-state index in [4.69, 9.17) is 9.72 Å². The number of nitrogens with one attached hydrogen (secondary N) is 1. The first kappa shape index (κ1) is 23.2. The highest BCUT2D eigenvalue weighted by molar-refractivity contribution is 7.89. The van der Waals surface area contributed by atoms with E-state index in [0.29, 0.717) is 37.7 Å². The van der Waals surface area contributed by atoms with Gasteiger partial charge in [-0.3, -0.25) is 4.79 Å². The van der Waals surface area contributed by atoms with Crippen LogP contribution in [0.4, 0.5) is 0 Å². The number of imidazole rings is 1. The Morgan fingerprint density at radius 2 is 1.60 bits per heavy atom. The van der Waals surface area contributed by atoms with Crippen LogP contribution in [-0.2, 0) is 21.8 Å². The maximum Gasteiger partial charge on any atom is 0.252 e. The maximum absolute atomic E-state index is 13.3. The Kier molecular flexibility index (Phi) is 6.38. The summed E-state index contributed by atoms with van der Waals surface area (Å²) in [5.41, 5.74) is 3.07. The second-order valence-electron chi connectivity index (χ2n) is 8.38. The summed E-state index contributed by atoms with van der Waals surface area (Å²) in [5.74, 6) is 0.387. The number of aromatic nitrogens is 2. The third kappa shape index (κ3) is 4.58. The average molecular weight is 491 g/mol. The van der Waals surface area contributed by atoms with Gasteiger partial charge in [-0.1, -0.05) is 42.5 Å². The SMILES string of the molecule is Cn1c(C(NC(=O)c2ccc(S(=O)(=O)N3CCOCC3)cc2)c2ccccc2)nc2ccccc21. The number of sulfonamides is 1. The lowest BCUT2D eigenvalue weighted by atomic mass is 10.1. The molecule has 1 amide bonds. The van der Waals surface area contributed by atoms with E-state index in [1.54, 1.807) is 12.1 Å². The van der Waals surface area contributed by atoms with Crippen LogP contribution < -0.4 is 5.32 Å². The van der Waals surface area contributed by atoms with Gasteiger partial charge in [0.1, 0.15) is 11.9 Å². The first-order chi connectivity index (χ1) is 16.9. The van der Waals surface area contributed by atoms with E-state index in [-0.39, 0.29) is 10.8 Å². The summed E-state index contributed by atoms with van der Waals surface area (Å²) in [7, 11) is -1.70. The third-order valence-corrected chi connectivity index (χ3v) is 8.13. The minimum absolute atomic E-state index is 0.158. The fraction of sp³-hybridized carbons (Fsp3) is 0.231. The van der Waals surface area contributed by atoms with Gasteiger partial charge in [0.15, 0.2) is 0 Å². The summed E-state index contributed by atoms with van der Waals surface area (Å²) in [6.07, 6.45) is 0. The van der Waals surface area contributed by atoms with Crippen molar-refractivity contribution in [1.29, 1.82) is 0 Å². The maximum atomic E-state index is 13.3. The van der Waals surface area contributed by atoms with Crippen molar-refractivity contribution in [2.45, 2.75) is 10.9 Å². The van der Waals surface area contributed by atoms with Gasteiger partial charge in [-0.05, 0) is 42.0 Å². The Bertz CT molecular complexity index is 1440. The van der Waals surface area contributed by atoms with Crippen molar-refractivity contribution in [3.63, 3.8) is 0 Å². The first-order valence-corrected chi connectivity index (χ1v) is 12.8. The molecule has 0 radical (unpaired) electrons. The molecule has 180 valence electrons. The molecule has 1 aliphatic heterocycles. The number of amides is 1. The highest BCUT2D eigenvalue weighted by Gasteiger charge is 2.27. The van der Waals surface area contributed by atoms with Gasteiger partial charge in [0.05, 0.1) is 29.1 Å². The van der Waals surface area contributed by atoms with Crippen LogP contribution in [0.1, 0.15) is 27.8 Å². The summed E-state index contributed by atoms with van der Waals surface area (Å²) in [6, 6.07) is 23.0. The number of ether oxygens (including phenoxy) is 1. The second-order valence-corrected chi connectivity index (χ2v) is 10.3. The van der Waals surface area contributed by atoms with Gasteiger partial charge < -0.3 is 14.6 Å². The van der Waals surface area contributed by atoms with Crippen LogP contribution in [0.25, 0.3) is 11.0 Å². The van der Waals surface area contributed by atoms with E-state index in [2.05, 4.69) is 5.32 Å². The van der Waals surface area contributed by atoms with Crippen LogP contribution in [0.3, 0.4) is 0 Å². The number of para-hydroxylation sites is 2. The molecule has 1 N–H and O–H groups in total. The molecule has 0 aliphatic carbocycles. The number of fused-ring (bicyclic) bond motifs is 1. The van der Waals surface area contributed by atoms with Crippen LogP contribution in [0.5, 0.6) is 0 Å². The van der Waals surface area contributed by atoms with Gasteiger partial charge in [0, 0.05) is 25.7 Å². The number of nitrogens with zero attached hydrogens (tertiary/aromatic N) is 3. The standard InChI is InChI=1S/C26H26N4O4S/c1-29-23-10-6-5-9-22(23)27-25(29)24(19-7-3-2-4-8-19)28-26(31)20-11-13-21(14-12-20)35(32,33)30-15-17-34-18-16-30/h2-14,24H,15-18H2,1H3,(H,28,31). The summed E-state index contributed by atoms with van der Waals surface area (Å²) < 4.78 is 34.4. The predicted octanol–water partition coefficient (Wildman–Crippen LogP) is 3.11. The van der Waals surface area contributed by atoms with E-state index in [1.807, 2.05) is 66.2 Å². The van der Waals surface area contributed by atoms with Crippen molar-refractivity contribution in [3.05, 3.63) is 95.8 Å². The zero-order valence-corrected chi connectivity index (χ0v) is 20.1. The van der Waals surface area contributed by atoms with Crippen LogP contribution in [0, 0.1) is 0 Å². The highest BCUT2D eigenvalue weighted by Crippen LogP contribution is 2.26. The van der Waals surface area contributed by atoms with E-state index >= 15 is 0 Å². The minimum Gasteiger partial charge on any atom is -0.379 e. The summed E-state index contributed by atoms with van der Waals surface area (Å²) in [4.78, 5) is 18.2. The Hall–Kier alpha value is -3.53. The monoisotopic (exact) mass is 490 g/mol. The zero-order chi connectivity index (χ0) is 24.4. The molecule has 1 aromatic heterocycles. The van der Waals surface area contributed by atoms with Crippen LogP contribution in [0.15, 0.2) is 83.8 Å². The second kappa shape index (κ2) is 9.61. The fourth-order valence-corrected chi connectivity index (χ4v) is 5.70. The fourth-order valence-electron chi connectivity index (χ4n) is 4.29. The first-order valence-electron chi connectivity index (χ1n) is 11.4. The Labute approximate surface area is 204 Å². The van der Waals surface area contributed by atoms with E-state index in [1.165, 1.54) is 16.4 Å². The molecule has 1 saturated heterocycles. The number of hydrogen-bond acceptors (Lipinski definition) is 5. The predicted molar refractivity (Wildman–Crippen MR) is 132 cm³/mol. The molecule has 1 fully saturated rings. The van der Waals surface area contributed by atoms with E-state index in [9.17, 15) is 13.2 Å². The number of aryl methyl sites for hydroxylation is 1. The zero-order valence-electron chi connectivity index (χ0n) is 19.3. The van der Waals surface area contributed by atoms with Gasteiger partial charge in [-0.25, -0.2) is 13.4 Å². The van der Waals surface area contributed by atoms with Crippen molar-refractivity contribution in [3.8, 4) is 0 Å². The lowest BCUT2D eigenvalue weighted by molar-refractivity contribution is 0.0730. The van der Waals surface area contributed by atoms with Gasteiger partial charge in [-0.2, -0.15) is 4.31 Å². The average Bonchev–Trinajstić information content (AvgIpc) is 3.24. The Morgan fingerprint density at radius 1 is 0.943 bits per heavy atom. The lowest BCUT2D eigenvalue weighted by Crippen LogP contribution is -2.40. The molecular weight excluding hydrogens is 464 g/mol. The van der Waals surface area contributed by atoms with Crippen molar-refractivity contribution >= 4 is 27.0 Å². The van der Waals surface area contributed by atoms with Crippen molar-refractivity contribution in [2.24, 2.45) is 7.05 Å². The van der Waals surface area contributed by atoms with E-state index in [0.717, 1.165) is 16.6 Å². The number of carbonyl (C=O) groups is 1. The van der Waals surface area contributed by atoms with Crippen LogP contribution >= 0.6 is 0 Å². The molecule has 0 spiro atoms. The quantitative estimate of drug-likeness (QED) is 0.448. The number of morpholine rings is 1. The van der Waals surface area contributed by atoms with Gasteiger partial charge in [0.2, 0.25) is 10.0 Å². The number of benzene rings is 3. The summed E-state index contributed by atoms with van der Waals surface area (Å²) in [6.45, 7) is 1.40. The molecule has 1 unspecified atom stereocenters. The molecule has 2 heterocycles. The van der Waals surface area contributed by atoms with E-state index < -0.39 is 16.1 Å². The molecule has 1 aliphatic rings. The number of rotatable bonds is 6. The topological polar surface area (TPSA) is 93.5 Å². The highest BCUT2D eigenvalue weighted by atomic mass is 32.2. The molecule has 35 heavy (non-hydrogen) atoms. The smallest absolute Gasteiger partial charge is 0.252 e. The van der Waals surface area contributed by atoms with Crippen LogP contribution in [0.2, 0.25) is 0 Å². The van der Waals surface area contributed by atoms with Crippen molar-refractivity contribution in [1.82, 2.24) is 19.2 Å². The Balaban J connectivity index is 1.43. The number of carbonyl (C=O) groups excluding carboxylic acids is 1. The molecule has 0 saturated carbocycles. The molecule has 3 aromatic carbocycles. The third-order valence-electron chi connectivity index (χ3n) is 6.21. The minimum atomic E-state index is -3.63. The molecule has 5 rings (SSSR count). The Morgan fingerprint density at radius 3 is 2.29 bits per heavy atom. The molecule has 0 bridgehead atoms. The largest absolute Gasteiger partial charge is 0.379 e.